The molecule has 0 aliphatic heterocycles. The van der Waals surface area contributed by atoms with Crippen LogP contribution in [0.2, 0.25) is 0 Å². The normalized spacial score (nSPS) is 12.3. The van der Waals surface area contributed by atoms with Crippen LogP contribution in [0.5, 0.6) is 17.2 Å². The summed E-state index contributed by atoms with van der Waals surface area (Å²) in [4.78, 5) is 12.4. The Morgan fingerprint density at radius 3 is 1.76 bits per heavy atom. The first-order valence-electron chi connectivity index (χ1n) is 13.8. The van der Waals surface area contributed by atoms with E-state index in [0.29, 0.717) is 25.2 Å². The van der Waals surface area contributed by atoms with Crippen molar-refractivity contribution in [3.05, 3.63) is 54.1 Å². The fraction of sp³-hybridized carbons (Fsp3) is 0.567. The predicted octanol–water partition coefficient (Wildman–Crippen LogP) is 8.75. The summed E-state index contributed by atoms with van der Waals surface area (Å²) in [6, 6.07) is 10.9. The SMILES string of the molecule is CCCCCCCCOc1ccc(OC(=O)c2ccc(OCC(F)(F)C(F)(F)C(F)(F)COCCCC)cc2)cc1. The Labute approximate surface area is 237 Å². The van der Waals surface area contributed by atoms with Gasteiger partial charge in [-0.3, -0.25) is 0 Å². The third-order valence-corrected chi connectivity index (χ3v) is 6.16. The van der Waals surface area contributed by atoms with Crippen molar-refractivity contribution in [2.24, 2.45) is 0 Å². The minimum absolute atomic E-state index is 0.0219. The maximum atomic E-state index is 14.1. The van der Waals surface area contributed by atoms with Gasteiger partial charge in [0, 0.05) is 6.61 Å². The van der Waals surface area contributed by atoms with E-state index in [1.165, 1.54) is 37.8 Å². The van der Waals surface area contributed by atoms with Gasteiger partial charge in [-0.15, -0.1) is 0 Å². The molecule has 11 heteroatoms. The second-order valence-electron chi connectivity index (χ2n) is 9.68. The van der Waals surface area contributed by atoms with E-state index < -0.39 is 37.0 Å². The lowest BCUT2D eigenvalue weighted by Crippen LogP contribution is -2.58. The van der Waals surface area contributed by atoms with E-state index in [0.717, 1.165) is 25.0 Å². The van der Waals surface area contributed by atoms with Crippen molar-refractivity contribution >= 4 is 5.97 Å². The molecule has 0 aromatic heterocycles. The van der Waals surface area contributed by atoms with Crippen molar-refractivity contribution in [2.75, 3.05) is 26.4 Å². The minimum Gasteiger partial charge on any atom is -0.494 e. The first-order chi connectivity index (χ1) is 19.4. The lowest BCUT2D eigenvalue weighted by molar-refractivity contribution is -0.324. The summed E-state index contributed by atoms with van der Waals surface area (Å²) in [5.41, 5.74) is 0.0219. The molecule has 0 saturated heterocycles. The van der Waals surface area contributed by atoms with E-state index in [4.69, 9.17) is 9.47 Å². The Balaban J connectivity index is 1.84. The molecule has 2 rings (SSSR count). The summed E-state index contributed by atoms with van der Waals surface area (Å²) < 4.78 is 104. The average molecular weight is 593 g/mol. The van der Waals surface area contributed by atoms with E-state index in [2.05, 4.69) is 16.4 Å². The maximum Gasteiger partial charge on any atom is 0.377 e. The highest BCUT2D eigenvalue weighted by atomic mass is 19.3. The van der Waals surface area contributed by atoms with Crippen molar-refractivity contribution in [2.45, 2.75) is 83.0 Å². The van der Waals surface area contributed by atoms with Gasteiger partial charge in [0.1, 0.15) is 23.9 Å². The van der Waals surface area contributed by atoms with Crippen LogP contribution in [0.4, 0.5) is 26.3 Å². The number of ether oxygens (including phenoxy) is 4. The third kappa shape index (κ3) is 10.8. The minimum atomic E-state index is -5.72. The van der Waals surface area contributed by atoms with E-state index >= 15 is 0 Å². The molecule has 0 atom stereocenters. The zero-order valence-electron chi connectivity index (χ0n) is 23.4. The Hall–Kier alpha value is -2.95. The van der Waals surface area contributed by atoms with Crippen LogP contribution in [-0.2, 0) is 4.74 Å². The van der Waals surface area contributed by atoms with Gasteiger partial charge in [-0.2, -0.15) is 26.3 Å². The van der Waals surface area contributed by atoms with Crippen molar-refractivity contribution in [1.82, 2.24) is 0 Å². The van der Waals surface area contributed by atoms with Gasteiger partial charge in [0.25, 0.3) is 0 Å². The van der Waals surface area contributed by atoms with Crippen molar-refractivity contribution in [1.29, 1.82) is 0 Å². The smallest absolute Gasteiger partial charge is 0.377 e. The van der Waals surface area contributed by atoms with E-state index in [1.807, 2.05) is 0 Å². The van der Waals surface area contributed by atoms with Gasteiger partial charge in [0.2, 0.25) is 0 Å². The number of benzene rings is 2. The molecule has 0 N–H and O–H groups in total. The second-order valence-corrected chi connectivity index (χ2v) is 9.68. The Kier molecular flexibility index (Phi) is 13.8. The molecule has 0 heterocycles. The summed E-state index contributed by atoms with van der Waals surface area (Å²) in [5.74, 6) is -16.3. The van der Waals surface area contributed by atoms with Crippen LogP contribution in [0, 0.1) is 0 Å². The quantitative estimate of drug-likeness (QED) is 0.0666. The Morgan fingerprint density at radius 1 is 0.610 bits per heavy atom. The molecule has 0 aliphatic carbocycles. The first kappa shape index (κ1) is 34.3. The highest BCUT2D eigenvalue weighted by Gasteiger charge is 2.71. The molecule has 0 saturated carbocycles. The lowest BCUT2D eigenvalue weighted by Gasteiger charge is -2.32. The molecule has 230 valence electrons. The van der Waals surface area contributed by atoms with Crippen LogP contribution >= 0.6 is 0 Å². The largest absolute Gasteiger partial charge is 0.494 e. The maximum absolute atomic E-state index is 14.1. The van der Waals surface area contributed by atoms with Gasteiger partial charge < -0.3 is 18.9 Å². The molecule has 0 aliphatic rings. The van der Waals surface area contributed by atoms with Crippen molar-refractivity contribution in [3.8, 4) is 17.2 Å². The number of alkyl halides is 6. The zero-order chi connectivity index (χ0) is 30.4. The fourth-order valence-electron chi connectivity index (χ4n) is 3.60. The molecule has 5 nitrogen and oxygen atoms in total. The molecule has 0 unspecified atom stereocenters. The Morgan fingerprint density at radius 2 is 1.12 bits per heavy atom. The number of rotatable bonds is 20. The standard InChI is InChI=1S/C30H38F6O5/c1-3-5-7-8-9-10-20-39-24-15-17-26(18-16-24)41-27(37)23-11-13-25(14-12-23)40-22-29(33,34)30(35,36)28(31,32)21-38-19-6-4-2/h11-18H,3-10,19-22H2,1-2H3. The van der Waals surface area contributed by atoms with E-state index in [1.54, 1.807) is 31.2 Å². The number of carbonyl (C=O) groups is 1. The molecule has 41 heavy (non-hydrogen) atoms. The topological polar surface area (TPSA) is 54.0 Å². The molecule has 2 aromatic rings. The Bertz CT molecular complexity index is 1030. The third-order valence-electron chi connectivity index (χ3n) is 6.16. The van der Waals surface area contributed by atoms with Gasteiger partial charge in [-0.1, -0.05) is 52.4 Å². The molecule has 0 bridgehead atoms. The first-order valence-corrected chi connectivity index (χ1v) is 13.8. The molecular weight excluding hydrogens is 554 g/mol. The summed E-state index contributed by atoms with van der Waals surface area (Å²) in [7, 11) is 0. The number of hydrogen-bond acceptors (Lipinski definition) is 5. The summed E-state index contributed by atoms with van der Waals surface area (Å²) in [6.07, 6.45) is 7.75. The van der Waals surface area contributed by atoms with Crippen molar-refractivity contribution in [3.63, 3.8) is 0 Å². The highest BCUT2D eigenvalue weighted by molar-refractivity contribution is 5.91. The number of esters is 1. The molecule has 0 radical (unpaired) electrons. The molecule has 0 amide bonds. The van der Waals surface area contributed by atoms with Gasteiger partial charge in [-0.05, 0) is 61.4 Å². The number of unbranched alkanes of at least 4 members (excludes halogenated alkanes) is 6. The number of hydrogen-bond donors (Lipinski definition) is 0. The highest BCUT2D eigenvalue weighted by Crippen LogP contribution is 2.46. The van der Waals surface area contributed by atoms with Gasteiger partial charge in [0.15, 0.2) is 6.61 Å². The predicted molar refractivity (Wildman–Crippen MR) is 143 cm³/mol. The van der Waals surface area contributed by atoms with Gasteiger partial charge in [0.05, 0.1) is 12.2 Å². The zero-order valence-corrected chi connectivity index (χ0v) is 23.4. The molecule has 0 spiro atoms. The number of carbonyl (C=O) groups excluding carboxylic acids is 1. The second kappa shape index (κ2) is 16.5. The van der Waals surface area contributed by atoms with E-state index in [-0.39, 0.29) is 23.7 Å². The van der Waals surface area contributed by atoms with Crippen LogP contribution < -0.4 is 14.2 Å². The van der Waals surface area contributed by atoms with Crippen molar-refractivity contribution < 1.29 is 50.1 Å². The van der Waals surface area contributed by atoms with Crippen LogP contribution in [-0.4, -0.2) is 50.2 Å². The van der Waals surface area contributed by atoms with Gasteiger partial charge in [-0.25, -0.2) is 4.79 Å². The van der Waals surface area contributed by atoms with Crippen LogP contribution in [0.3, 0.4) is 0 Å². The molecule has 0 fully saturated rings. The molecular formula is C30H38F6O5. The van der Waals surface area contributed by atoms with E-state index in [9.17, 15) is 31.1 Å². The van der Waals surface area contributed by atoms with Crippen LogP contribution in [0.25, 0.3) is 0 Å². The number of halogens is 6. The fourth-order valence-corrected chi connectivity index (χ4v) is 3.60. The van der Waals surface area contributed by atoms with Crippen LogP contribution in [0.1, 0.15) is 75.6 Å². The molecule has 2 aromatic carbocycles. The monoisotopic (exact) mass is 592 g/mol. The van der Waals surface area contributed by atoms with Crippen LogP contribution in [0.15, 0.2) is 48.5 Å². The van der Waals surface area contributed by atoms with Gasteiger partial charge >= 0.3 is 23.7 Å². The summed E-state index contributed by atoms with van der Waals surface area (Å²) >= 11 is 0. The lowest BCUT2D eigenvalue weighted by atomic mass is 10.1. The average Bonchev–Trinajstić information content (AvgIpc) is 2.94. The summed E-state index contributed by atoms with van der Waals surface area (Å²) in [6.45, 7) is 0.364. The summed E-state index contributed by atoms with van der Waals surface area (Å²) in [5, 5.41) is 0.